The van der Waals surface area contributed by atoms with Gasteiger partial charge in [-0.3, -0.25) is 14.5 Å². The molecule has 18 nitrogen and oxygen atoms in total. The van der Waals surface area contributed by atoms with Gasteiger partial charge in [0.2, 0.25) is 0 Å². The van der Waals surface area contributed by atoms with Gasteiger partial charge in [-0.15, -0.1) is 40.0 Å². The number of amides is 2. The second kappa shape index (κ2) is 13.0. The second-order valence-electron chi connectivity index (χ2n) is 10.2. The van der Waals surface area contributed by atoms with Crippen LogP contribution in [0.4, 0.5) is 5.13 Å². The van der Waals surface area contributed by atoms with E-state index in [1.165, 1.54) is 39.6 Å². The standard InChI is InChI=1S/C27H23N9O9S3/c1-10-2-17(36-16(30-10)5-29-34-36)46-7-13-8-47-24-19(23(40)35(24)20(13)26(43)44)32-22(39)18(14-9-48-27(28)31-14)33-45-6-12-3-11(25(41)42)4-15(37)21(12)38/h2-5,9,19,24,37-38H,6-8H2,1H3,(H2,28,31)(H,32,39)(H,41,42)(H,43,44)/b33-18-/t19-,24-/m1/s1. The first-order valence-corrected chi connectivity index (χ1v) is 16.6. The number of anilines is 1. The zero-order valence-corrected chi connectivity index (χ0v) is 26.9. The fourth-order valence-electron chi connectivity index (χ4n) is 4.86. The fraction of sp³-hybridized carbons (Fsp3) is 0.222. The number of phenols is 2. The molecule has 1 aromatic carbocycles. The minimum atomic E-state index is -1.36. The van der Waals surface area contributed by atoms with Crippen molar-refractivity contribution in [3.05, 3.63) is 63.6 Å². The molecular weight excluding hydrogens is 691 g/mol. The van der Waals surface area contributed by atoms with E-state index in [1.807, 2.05) is 6.92 Å². The third kappa shape index (κ3) is 6.16. The number of aliphatic carboxylic acids is 1. The lowest BCUT2D eigenvalue weighted by molar-refractivity contribution is -0.150. The number of carbonyl (C=O) groups is 4. The number of carbonyl (C=O) groups excluding carboxylic acids is 2. The molecule has 48 heavy (non-hydrogen) atoms. The Kier molecular flexibility index (Phi) is 8.81. The van der Waals surface area contributed by atoms with Gasteiger partial charge in [0.25, 0.3) is 11.8 Å². The van der Waals surface area contributed by atoms with Crippen LogP contribution in [0.2, 0.25) is 0 Å². The summed E-state index contributed by atoms with van der Waals surface area (Å²) in [4.78, 5) is 65.3. The Morgan fingerprint density at radius 3 is 2.69 bits per heavy atom. The number of carboxylic acids is 2. The number of aromatic carboxylic acids is 1. The van der Waals surface area contributed by atoms with Gasteiger partial charge in [-0.05, 0) is 30.7 Å². The average Bonchev–Trinajstić information content (AvgIpc) is 3.70. The van der Waals surface area contributed by atoms with E-state index in [4.69, 9.17) is 10.6 Å². The lowest BCUT2D eigenvalue weighted by atomic mass is 10.0. The maximum atomic E-state index is 13.4. The summed E-state index contributed by atoms with van der Waals surface area (Å²) >= 11 is 3.60. The molecule has 2 atom stereocenters. The molecule has 1 fully saturated rings. The quantitative estimate of drug-likeness (QED) is 0.0316. The Hall–Kier alpha value is -5.41. The first-order chi connectivity index (χ1) is 22.9. The number of aromatic nitrogens is 5. The molecule has 21 heteroatoms. The molecule has 0 aliphatic carbocycles. The number of fused-ring (bicyclic) bond motifs is 2. The van der Waals surface area contributed by atoms with E-state index >= 15 is 0 Å². The molecule has 0 unspecified atom stereocenters. The van der Waals surface area contributed by atoms with Crippen molar-refractivity contribution in [2.75, 3.05) is 17.2 Å². The Bertz CT molecular complexity index is 2060. The number of aryl methyl sites for hydroxylation is 1. The van der Waals surface area contributed by atoms with Crippen LogP contribution in [0, 0.1) is 6.92 Å². The molecular formula is C27H23N9O9S3. The molecule has 1 saturated heterocycles. The van der Waals surface area contributed by atoms with Gasteiger partial charge >= 0.3 is 11.9 Å². The molecule has 2 aliphatic heterocycles. The number of phenolic OH excluding ortho intramolecular Hbond substituents is 2. The molecule has 0 radical (unpaired) electrons. The van der Waals surface area contributed by atoms with Crippen molar-refractivity contribution < 1.29 is 44.4 Å². The predicted molar refractivity (Wildman–Crippen MR) is 171 cm³/mol. The molecule has 0 spiro atoms. The Balaban J connectivity index is 1.18. The van der Waals surface area contributed by atoms with Gasteiger partial charge in [0.1, 0.15) is 34.4 Å². The van der Waals surface area contributed by atoms with Crippen LogP contribution in [-0.4, -0.2) is 103 Å². The molecule has 3 aromatic heterocycles. The molecule has 4 aromatic rings. The third-order valence-electron chi connectivity index (χ3n) is 7.07. The van der Waals surface area contributed by atoms with Crippen molar-refractivity contribution in [1.29, 1.82) is 0 Å². The van der Waals surface area contributed by atoms with Crippen LogP contribution >= 0.6 is 34.9 Å². The molecule has 248 valence electrons. The van der Waals surface area contributed by atoms with E-state index in [0.29, 0.717) is 16.2 Å². The summed E-state index contributed by atoms with van der Waals surface area (Å²) < 4.78 is 1.54. The molecule has 6 rings (SSSR count). The van der Waals surface area contributed by atoms with Gasteiger partial charge in [0, 0.05) is 28.1 Å². The number of nitrogens with two attached hydrogens (primary N) is 1. The number of aromatic hydroxyl groups is 2. The van der Waals surface area contributed by atoms with Gasteiger partial charge < -0.3 is 36.3 Å². The van der Waals surface area contributed by atoms with Crippen LogP contribution in [0.15, 0.2) is 51.2 Å². The number of thiazole rings is 1. The van der Waals surface area contributed by atoms with E-state index in [0.717, 1.165) is 34.1 Å². The summed E-state index contributed by atoms with van der Waals surface area (Å²) in [5.74, 6) is -5.03. The van der Waals surface area contributed by atoms with Gasteiger partial charge in [-0.25, -0.2) is 19.6 Å². The zero-order valence-electron chi connectivity index (χ0n) is 24.4. The van der Waals surface area contributed by atoms with Crippen molar-refractivity contribution in [2.24, 2.45) is 5.16 Å². The molecule has 0 bridgehead atoms. The maximum Gasteiger partial charge on any atom is 0.352 e. The van der Waals surface area contributed by atoms with Crippen LogP contribution in [-0.2, 0) is 25.8 Å². The highest BCUT2D eigenvalue weighted by atomic mass is 32.2. The maximum absolute atomic E-state index is 13.4. The molecule has 5 heterocycles. The third-order valence-corrected chi connectivity index (χ3v) is 10.2. The van der Waals surface area contributed by atoms with E-state index in [9.17, 15) is 39.6 Å². The SMILES string of the molecule is Cc1cc(SCC2=C(C(=O)O)N3C(=O)[C@@H](NC(=O)/C(=N\OCc4cc(C(=O)O)cc(O)c4O)c4csc(N)n4)[C@H]3SC2)n2nncc2n1. The number of hydrogen-bond acceptors (Lipinski definition) is 16. The van der Waals surface area contributed by atoms with Gasteiger partial charge in [-0.1, -0.05) is 10.4 Å². The fourth-order valence-corrected chi connectivity index (χ4v) is 7.95. The first-order valence-electron chi connectivity index (χ1n) is 13.6. The Morgan fingerprint density at radius 2 is 1.98 bits per heavy atom. The summed E-state index contributed by atoms with van der Waals surface area (Å²) in [6, 6.07) is 2.60. The smallest absolute Gasteiger partial charge is 0.352 e. The summed E-state index contributed by atoms with van der Waals surface area (Å²) in [6.07, 6.45) is 1.51. The lowest BCUT2D eigenvalue weighted by Gasteiger charge is -2.49. The summed E-state index contributed by atoms with van der Waals surface area (Å²) in [6.45, 7) is 1.26. The van der Waals surface area contributed by atoms with Crippen molar-refractivity contribution in [3.8, 4) is 11.5 Å². The monoisotopic (exact) mass is 713 g/mol. The highest BCUT2D eigenvalue weighted by Crippen LogP contribution is 2.41. The predicted octanol–water partition coefficient (Wildman–Crippen LogP) is 1.03. The van der Waals surface area contributed by atoms with E-state index < -0.39 is 59.0 Å². The molecule has 0 saturated carbocycles. The van der Waals surface area contributed by atoms with E-state index in [1.54, 1.807) is 6.07 Å². The number of hydrogen-bond donors (Lipinski definition) is 6. The normalized spacial score (nSPS) is 17.6. The van der Waals surface area contributed by atoms with Crippen LogP contribution in [0.25, 0.3) is 5.65 Å². The first kappa shape index (κ1) is 32.5. The van der Waals surface area contributed by atoms with Crippen LogP contribution < -0.4 is 11.1 Å². The summed E-state index contributed by atoms with van der Waals surface area (Å²) in [5.41, 5.74) is 6.49. The average molecular weight is 714 g/mol. The largest absolute Gasteiger partial charge is 0.504 e. The summed E-state index contributed by atoms with van der Waals surface area (Å²) in [5, 5.41) is 55.1. The Morgan fingerprint density at radius 1 is 1.19 bits per heavy atom. The van der Waals surface area contributed by atoms with E-state index in [2.05, 4.69) is 30.8 Å². The van der Waals surface area contributed by atoms with Crippen molar-refractivity contribution >= 4 is 75.1 Å². The molecule has 7 N–H and O–H groups in total. The van der Waals surface area contributed by atoms with Gasteiger partial charge in [0.05, 0.1) is 11.8 Å². The van der Waals surface area contributed by atoms with Crippen molar-refractivity contribution in [3.63, 3.8) is 0 Å². The highest BCUT2D eigenvalue weighted by Gasteiger charge is 2.54. The minimum absolute atomic E-state index is 0.000415. The van der Waals surface area contributed by atoms with Crippen LogP contribution in [0.5, 0.6) is 11.5 Å². The second-order valence-corrected chi connectivity index (χ2v) is 13.2. The molecule has 2 aliphatic rings. The van der Waals surface area contributed by atoms with Gasteiger partial charge in [-0.2, -0.15) is 4.52 Å². The van der Waals surface area contributed by atoms with Gasteiger partial charge in [0.15, 0.2) is 28.0 Å². The number of rotatable bonds is 11. The lowest BCUT2D eigenvalue weighted by Crippen LogP contribution is -2.71. The topological polar surface area (TPSA) is 268 Å². The van der Waals surface area contributed by atoms with Crippen molar-refractivity contribution in [1.82, 2.24) is 35.0 Å². The number of nitrogens with zero attached hydrogens (tertiary/aromatic N) is 7. The highest BCUT2D eigenvalue weighted by molar-refractivity contribution is 8.01. The Labute approximate surface area is 281 Å². The minimum Gasteiger partial charge on any atom is -0.504 e. The number of β-lactam (4-membered cyclic amide) rings is 1. The number of carboxylic acid groups (broad SMARTS) is 2. The van der Waals surface area contributed by atoms with E-state index in [-0.39, 0.29) is 39.2 Å². The zero-order chi connectivity index (χ0) is 34.3. The molecule has 2 amide bonds. The number of nitrogen functional groups attached to an aromatic ring is 1. The van der Waals surface area contributed by atoms with Crippen LogP contribution in [0.3, 0.4) is 0 Å². The van der Waals surface area contributed by atoms with Crippen LogP contribution in [0.1, 0.15) is 27.3 Å². The number of thioether (sulfide) groups is 2. The number of benzene rings is 1. The summed E-state index contributed by atoms with van der Waals surface area (Å²) in [7, 11) is 0. The number of nitrogens with one attached hydrogen (secondary N) is 1. The number of oxime groups is 1. The van der Waals surface area contributed by atoms with Crippen molar-refractivity contribution in [2.45, 2.75) is 30.0 Å².